The molecule has 0 unspecified atom stereocenters. The monoisotopic (exact) mass is 343 g/mol. The fourth-order valence-corrected chi connectivity index (χ4v) is 2.52. The van der Waals surface area contributed by atoms with Crippen molar-refractivity contribution < 1.29 is 19.0 Å². The molecule has 25 heavy (non-hydrogen) atoms. The van der Waals surface area contributed by atoms with Crippen LogP contribution in [0.5, 0.6) is 17.2 Å². The molecule has 2 atom stereocenters. The first kappa shape index (κ1) is 18.6. The van der Waals surface area contributed by atoms with Crippen LogP contribution in [-0.2, 0) is 4.79 Å². The van der Waals surface area contributed by atoms with Crippen LogP contribution in [0.15, 0.2) is 42.5 Å². The lowest BCUT2D eigenvalue weighted by Crippen LogP contribution is -2.38. The van der Waals surface area contributed by atoms with E-state index >= 15 is 0 Å². The lowest BCUT2D eigenvalue weighted by Gasteiger charge is -2.21. The second-order valence-corrected chi connectivity index (χ2v) is 5.86. The molecule has 0 bridgehead atoms. The fraction of sp³-hybridized carbons (Fsp3) is 0.350. The number of nitrogens with one attached hydrogen (secondary N) is 1. The maximum Gasteiger partial charge on any atom is 0.261 e. The molecule has 0 fully saturated rings. The molecule has 2 aromatic rings. The fourth-order valence-electron chi connectivity index (χ4n) is 2.52. The standard InChI is InChI=1S/C20H25NO4/c1-13-8-6-7-9-18(13)25-15(3)20(22)21-14(2)17-12-16(23-4)10-11-19(17)24-5/h6-12,14-15H,1-5H3,(H,21,22)/t14-,15+/m0/s1. The van der Waals surface area contributed by atoms with Crippen LogP contribution >= 0.6 is 0 Å². The van der Waals surface area contributed by atoms with E-state index in [4.69, 9.17) is 14.2 Å². The Labute approximate surface area is 148 Å². The lowest BCUT2D eigenvalue weighted by molar-refractivity contribution is -0.127. The lowest BCUT2D eigenvalue weighted by atomic mass is 10.1. The number of benzene rings is 2. The zero-order chi connectivity index (χ0) is 18.4. The molecular formula is C20H25NO4. The number of hydrogen-bond acceptors (Lipinski definition) is 4. The van der Waals surface area contributed by atoms with Gasteiger partial charge in [0.2, 0.25) is 0 Å². The third-order valence-electron chi connectivity index (χ3n) is 4.03. The summed E-state index contributed by atoms with van der Waals surface area (Å²) < 4.78 is 16.4. The first-order chi connectivity index (χ1) is 12.0. The van der Waals surface area contributed by atoms with Crippen molar-refractivity contribution in [1.82, 2.24) is 5.32 Å². The molecule has 0 aliphatic heterocycles. The van der Waals surface area contributed by atoms with Crippen LogP contribution in [0.1, 0.15) is 31.0 Å². The Balaban J connectivity index is 2.08. The van der Waals surface area contributed by atoms with Crippen LogP contribution in [0, 0.1) is 6.92 Å². The molecule has 0 spiro atoms. The van der Waals surface area contributed by atoms with Gasteiger partial charge in [-0.3, -0.25) is 4.79 Å². The quantitative estimate of drug-likeness (QED) is 0.834. The second-order valence-electron chi connectivity index (χ2n) is 5.86. The molecular weight excluding hydrogens is 318 g/mol. The van der Waals surface area contributed by atoms with Crippen LogP contribution in [0.3, 0.4) is 0 Å². The van der Waals surface area contributed by atoms with Gasteiger partial charge in [0.1, 0.15) is 17.2 Å². The summed E-state index contributed by atoms with van der Waals surface area (Å²) in [5.41, 5.74) is 1.84. The van der Waals surface area contributed by atoms with Gasteiger partial charge in [-0.05, 0) is 50.6 Å². The summed E-state index contributed by atoms with van der Waals surface area (Å²) in [4.78, 5) is 12.5. The Hall–Kier alpha value is -2.69. The third-order valence-corrected chi connectivity index (χ3v) is 4.03. The molecule has 0 saturated carbocycles. The van der Waals surface area contributed by atoms with Crippen molar-refractivity contribution in [1.29, 1.82) is 0 Å². The molecule has 1 amide bonds. The van der Waals surface area contributed by atoms with Gasteiger partial charge in [-0.2, -0.15) is 0 Å². The Morgan fingerprint density at radius 3 is 2.36 bits per heavy atom. The van der Waals surface area contributed by atoms with E-state index in [1.807, 2.05) is 56.3 Å². The largest absolute Gasteiger partial charge is 0.497 e. The summed E-state index contributed by atoms with van der Waals surface area (Å²) in [6.45, 7) is 5.58. The van der Waals surface area contributed by atoms with Crippen molar-refractivity contribution in [2.75, 3.05) is 14.2 Å². The first-order valence-corrected chi connectivity index (χ1v) is 8.20. The smallest absolute Gasteiger partial charge is 0.261 e. The minimum atomic E-state index is -0.611. The number of methoxy groups -OCH3 is 2. The Morgan fingerprint density at radius 1 is 1.00 bits per heavy atom. The Bertz CT molecular complexity index is 729. The molecule has 0 radical (unpaired) electrons. The SMILES string of the molecule is COc1ccc(OC)c([C@H](C)NC(=O)[C@@H](C)Oc2ccccc2C)c1. The third kappa shape index (κ3) is 4.66. The number of ether oxygens (including phenoxy) is 3. The number of carbonyl (C=O) groups is 1. The minimum absolute atomic E-state index is 0.194. The van der Waals surface area contributed by atoms with Gasteiger partial charge in [-0.25, -0.2) is 0 Å². The van der Waals surface area contributed by atoms with Crippen molar-refractivity contribution in [2.24, 2.45) is 0 Å². The number of carbonyl (C=O) groups excluding carboxylic acids is 1. The molecule has 0 saturated heterocycles. The zero-order valence-electron chi connectivity index (χ0n) is 15.3. The van der Waals surface area contributed by atoms with Gasteiger partial charge in [0.15, 0.2) is 6.10 Å². The van der Waals surface area contributed by atoms with Crippen LogP contribution in [-0.4, -0.2) is 26.2 Å². The maximum absolute atomic E-state index is 12.5. The van der Waals surface area contributed by atoms with Crippen LogP contribution in [0.4, 0.5) is 0 Å². The predicted octanol–water partition coefficient (Wildman–Crippen LogP) is 3.66. The van der Waals surface area contributed by atoms with E-state index in [1.165, 1.54) is 0 Å². The molecule has 0 aliphatic carbocycles. The molecule has 5 nitrogen and oxygen atoms in total. The highest BCUT2D eigenvalue weighted by Crippen LogP contribution is 2.29. The molecule has 5 heteroatoms. The highest BCUT2D eigenvalue weighted by atomic mass is 16.5. The molecule has 1 N–H and O–H groups in total. The topological polar surface area (TPSA) is 56.8 Å². The van der Waals surface area contributed by atoms with Gasteiger partial charge in [0, 0.05) is 5.56 Å². The maximum atomic E-state index is 12.5. The van der Waals surface area contributed by atoms with E-state index in [2.05, 4.69) is 5.32 Å². The molecule has 134 valence electrons. The van der Waals surface area contributed by atoms with Crippen molar-refractivity contribution in [3.8, 4) is 17.2 Å². The van der Waals surface area contributed by atoms with Gasteiger partial charge < -0.3 is 19.5 Å². The summed E-state index contributed by atoms with van der Waals surface area (Å²) >= 11 is 0. The van der Waals surface area contributed by atoms with E-state index in [0.29, 0.717) is 17.2 Å². The highest BCUT2D eigenvalue weighted by Gasteiger charge is 2.20. The van der Waals surface area contributed by atoms with E-state index in [9.17, 15) is 4.79 Å². The molecule has 2 rings (SSSR count). The van der Waals surface area contributed by atoms with Crippen LogP contribution in [0.25, 0.3) is 0 Å². The average Bonchev–Trinajstić information content (AvgIpc) is 2.62. The van der Waals surface area contributed by atoms with E-state index < -0.39 is 6.10 Å². The van der Waals surface area contributed by atoms with Gasteiger partial charge in [0.05, 0.1) is 20.3 Å². The minimum Gasteiger partial charge on any atom is -0.497 e. The molecule has 0 aliphatic rings. The molecule has 0 heterocycles. The van der Waals surface area contributed by atoms with Crippen LogP contribution in [0.2, 0.25) is 0 Å². The number of amides is 1. The summed E-state index contributed by atoms with van der Waals surface area (Å²) in [5.74, 6) is 1.92. The highest BCUT2D eigenvalue weighted by molar-refractivity contribution is 5.81. The van der Waals surface area contributed by atoms with Crippen molar-refractivity contribution in [2.45, 2.75) is 32.9 Å². The summed E-state index contributed by atoms with van der Waals surface area (Å²) in [6, 6.07) is 12.9. The first-order valence-electron chi connectivity index (χ1n) is 8.20. The van der Waals surface area contributed by atoms with Gasteiger partial charge in [0.25, 0.3) is 5.91 Å². The van der Waals surface area contributed by atoms with Crippen molar-refractivity contribution in [3.05, 3.63) is 53.6 Å². The van der Waals surface area contributed by atoms with Crippen molar-refractivity contribution in [3.63, 3.8) is 0 Å². The predicted molar refractivity (Wildman–Crippen MR) is 97.4 cm³/mol. The van der Waals surface area contributed by atoms with E-state index in [0.717, 1.165) is 11.1 Å². The van der Waals surface area contributed by atoms with E-state index in [1.54, 1.807) is 21.1 Å². The van der Waals surface area contributed by atoms with Gasteiger partial charge in [-0.15, -0.1) is 0 Å². The number of rotatable bonds is 7. The zero-order valence-corrected chi connectivity index (χ0v) is 15.3. The van der Waals surface area contributed by atoms with Gasteiger partial charge in [-0.1, -0.05) is 18.2 Å². The summed E-state index contributed by atoms with van der Waals surface area (Å²) in [5, 5.41) is 2.96. The average molecular weight is 343 g/mol. The number of hydrogen-bond donors (Lipinski definition) is 1. The van der Waals surface area contributed by atoms with Gasteiger partial charge >= 0.3 is 0 Å². The molecule has 2 aromatic carbocycles. The van der Waals surface area contributed by atoms with Crippen LogP contribution < -0.4 is 19.5 Å². The Morgan fingerprint density at radius 2 is 1.72 bits per heavy atom. The number of aryl methyl sites for hydroxylation is 1. The molecule has 0 aromatic heterocycles. The van der Waals surface area contributed by atoms with E-state index in [-0.39, 0.29) is 11.9 Å². The summed E-state index contributed by atoms with van der Waals surface area (Å²) in [7, 11) is 3.21. The number of para-hydroxylation sites is 1. The summed E-state index contributed by atoms with van der Waals surface area (Å²) in [6.07, 6.45) is -0.611. The Kier molecular flexibility index (Phi) is 6.28. The van der Waals surface area contributed by atoms with Crippen molar-refractivity contribution >= 4 is 5.91 Å². The normalized spacial score (nSPS) is 12.8. The second kappa shape index (κ2) is 8.42.